The van der Waals surface area contributed by atoms with Gasteiger partial charge in [0.05, 0.1) is 19.8 Å². The summed E-state index contributed by atoms with van der Waals surface area (Å²) in [7, 11) is 3.20. The molecule has 1 N–H and O–H groups in total. The molecule has 1 aromatic carbocycles. The number of methoxy groups -OCH3 is 2. The summed E-state index contributed by atoms with van der Waals surface area (Å²) in [6.07, 6.45) is 0. The van der Waals surface area contributed by atoms with E-state index >= 15 is 0 Å². The molecule has 6 heteroatoms. The Labute approximate surface area is 97.5 Å². The number of rotatable bonds is 2. The normalized spacial score (nSPS) is 12.4. The van der Waals surface area contributed by atoms with Crippen LogP contribution < -0.4 is 14.2 Å². The van der Waals surface area contributed by atoms with Crippen molar-refractivity contribution in [3.8, 4) is 28.5 Å². The number of benzene rings is 1. The van der Waals surface area contributed by atoms with Crippen molar-refractivity contribution in [3.63, 3.8) is 0 Å². The van der Waals surface area contributed by atoms with Gasteiger partial charge in [0.2, 0.25) is 0 Å². The molecule has 0 fully saturated rings. The topological polar surface area (TPSA) is 69.3 Å². The minimum absolute atomic E-state index is 0.398. The number of hydrogen-bond acceptors (Lipinski definition) is 5. The maximum atomic E-state index is 5.61. The van der Waals surface area contributed by atoms with Crippen molar-refractivity contribution in [3.05, 3.63) is 17.8 Å². The molecular formula is C11H11N3O3. The Balaban J connectivity index is 2.25. The van der Waals surface area contributed by atoms with Crippen LogP contribution >= 0.6 is 0 Å². The van der Waals surface area contributed by atoms with Gasteiger partial charge in [-0.2, -0.15) is 15.4 Å². The standard InChI is InChI=1S/C11H11N3O3/c1-15-6-3-8(16-2)10-9(4-6)17-5-7-11(10)13-14-12-7/h3-4H,5H2,1-2H3,(H,12,13,14). The fourth-order valence-corrected chi connectivity index (χ4v) is 1.89. The van der Waals surface area contributed by atoms with Crippen LogP contribution in [0.3, 0.4) is 0 Å². The first-order chi connectivity index (χ1) is 8.33. The second-order valence-electron chi connectivity index (χ2n) is 3.61. The Morgan fingerprint density at radius 3 is 2.88 bits per heavy atom. The van der Waals surface area contributed by atoms with Crippen molar-refractivity contribution in [1.82, 2.24) is 15.4 Å². The van der Waals surface area contributed by atoms with Crippen LogP contribution in [0, 0.1) is 0 Å². The average molecular weight is 233 g/mol. The zero-order chi connectivity index (χ0) is 11.8. The molecule has 2 aromatic rings. The van der Waals surface area contributed by atoms with Crippen LogP contribution in [-0.2, 0) is 6.61 Å². The first-order valence-corrected chi connectivity index (χ1v) is 5.12. The molecule has 0 amide bonds. The molecule has 6 nitrogen and oxygen atoms in total. The minimum atomic E-state index is 0.398. The number of ether oxygens (including phenoxy) is 3. The number of nitrogens with zero attached hydrogens (tertiary/aromatic N) is 2. The summed E-state index contributed by atoms with van der Waals surface area (Å²) < 4.78 is 16.1. The minimum Gasteiger partial charge on any atom is -0.496 e. The van der Waals surface area contributed by atoms with E-state index < -0.39 is 0 Å². The van der Waals surface area contributed by atoms with Crippen LogP contribution in [0.2, 0.25) is 0 Å². The third kappa shape index (κ3) is 1.41. The summed E-state index contributed by atoms with van der Waals surface area (Å²) in [5, 5.41) is 10.7. The summed E-state index contributed by atoms with van der Waals surface area (Å²) in [6.45, 7) is 0.398. The van der Waals surface area contributed by atoms with Crippen LogP contribution in [0.4, 0.5) is 0 Å². The SMILES string of the molecule is COc1cc(OC)c2c(c1)OCc1n[nH]nc1-2. The molecule has 0 saturated carbocycles. The first kappa shape index (κ1) is 9.95. The molecule has 0 saturated heterocycles. The Morgan fingerprint density at radius 2 is 2.12 bits per heavy atom. The molecule has 0 unspecified atom stereocenters. The lowest BCUT2D eigenvalue weighted by molar-refractivity contribution is 0.291. The van der Waals surface area contributed by atoms with E-state index in [2.05, 4.69) is 15.4 Å². The molecule has 1 aliphatic rings. The van der Waals surface area contributed by atoms with Crippen molar-refractivity contribution < 1.29 is 14.2 Å². The molecule has 2 heterocycles. The number of aromatic nitrogens is 3. The van der Waals surface area contributed by atoms with Gasteiger partial charge in [0.15, 0.2) is 0 Å². The predicted molar refractivity (Wildman–Crippen MR) is 59.3 cm³/mol. The largest absolute Gasteiger partial charge is 0.496 e. The van der Waals surface area contributed by atoms with Crippen molar-refractivity contribution >= 4 is 0 Å². The molecular weight excluding hydrogens is 222 g/mol. The predicted octanol–water partition coefficient (Wildman–Crippen LogP) is 1.38. The Bertz CT molecular complexity index is 548. The Hall–Kier alpha value is -2.24. The average Bonchev–Trinajstić information content (AvgIpc) is 2.85. The monoisotopic (exact) mass is 233 g/mol. The fourth-order valence-electron chi connectivity index (χ4n) is 1.89. The number of aromatic amines is 1. The summed E-state index contributed by atoms with van der Waals surface area (Å²) in [5.74, 6) is 2.05. The number of fused-ring (bicyclic) bond motifs is 3. The highest BCUT2D eigenvalue weighted by molar-refractivity contribution is 5.78. The molecule has 1 aliphatic heterocycles. The Morgan fingerprint density at radius 1 is 1.24 bits per heavy atom. The maximum absolute atomic E-state index is 5.61. The smallest absolute Gasteiger partial charge is 0.136 e. The number of nitrogens with one attached hydrogen (secondary N) is 1. The summed E-state index contributed by atoms with van der Waals surface area (Å²) in [4.78, 5) is 0. The molecule has 0 radical (unpaired) electrons. The third-order valence-corrected chi connectivity index (χ3v) is 2.72. The fraction of sp³-hybridized carbons (Fsp3) is 0.273. The Kier molecular flexibility index (Phi) is 2.14. The molecule has 0 bridgehead atoms. The van der Waals surface area contributed by atoms with Gasteiger partial charge in [-0.15, -0.1) is 0 Å². The van der Waals surface area contributed by atoms with E-state index in [-0.39, 0.29) is 0 Å². The van der Waals surface area contributed by atoms with Gasteiger partial charge in [0.1, 0.15) is 35.2 Å². The molecule has 1 aromatic heterocycles. The van der Waals surface area contributed by atoms with Crippen molar-refractivity contribution in [2.75, 3.05) is 14.2 Å². The van der Waals surface area contributed by atoms with Gasteiger partial charge in [-0.1, -0.05) is 0 Å². The molecule has 88 valence electrons. The molecule has 0 spiro atoms. The van der Waals surface area contributed by atoms with Crippen LogP contribution in [0.5, 0.6) is 17.2 Å². The van der Waals surface area contributed by atoms with E-state index in [1.165, 1.54) is 0 Å². The molecule has 0 atom stereocenters. The van der Waals surface area contributed by atoms with Gasteiger partial charge in [0.25, 0.3) is 0 Å². The quantitative estimate of drug-likeness (QED) is 0.848. The van der Waals surface area contributed by atoms with E-state index in [0.29, 0.717) is 23.9 Å². The van der Waals surface area contributed by atoms with Gasteiger partial charge < -0.3 is 14.2 Å². The summed E-state index contributed by atoms with van der Waals surface area (Å²) >= 11 is 0. The number of H-pyrrole nitrogens is 1. The van der Waals surface area contributed by atoms with Crippen molar-refractivity contribution in [2.24, 2.45) is 0 Å². The first-order valence-electron chi connectivity index (χ1n) is 5.12. The lowest BCUT2D eigenvalue weighted by Gasteiger charge is -2.19. The van der Waals surface area contributed by atoms with Crippen LogP contribution in [0.25, 0.3) is 11.3 Å². The van der Waals surface area contributed by atoms with Gasteiger partial charge >= 0.3 is 0 Å². The van der Waals surface area contributed by atoms with E-state index in [1.54, 1.807) is 20.3 Å². The third-order valence-electron chi connectivity index (χ3n) is 2.72. The van der Waals surface area contributed by atoms with E-state index in [4.69, 9.17) is 14.2 Å². The van der Waals surface area contributed by atoms with Gasteiger partial charge in [-0.3, -0.25) is 0 Å². The summed E-state index contributed by atoms with van der Waals surface area (Å²) in [5.41, 5.74) is 2.36. The van der Waals surface area contributed by atoms with Gasteiger partial charge in [0, 0.05) is 12.1 Å². The second-order valence-corrected chi connectivity index (χ2v) is 3.61. The van der Waals surface area contributed by atoms with E-state index in [9.17, 15) is 0 Å². The van der Waals surface area contributed by atoms with Gasteiger partial charge in [-0.25, -0.2) is 0 Å². The molecule has 0 aliphatic carbocycles. The summed E-state index contributed by atoms with van der Waals surface area (Å²) in [6, 6.07) is 3.61. The maximum Gasteiger partial charge on any atom is 0.136 e. The zero-order valence-corrected chi connectivity index (χ0v) is 9.48. The van der Waals surface area contributed by atoms with Crippen LogP contribution in [0.1, 0.15) is 5.69 Å². The highest BCUT2D eigenvalue weighted by Crippen LogP contribution is 2.44. The molecule has 17 heavy (non-hydrogen) atoms. The highest BCUT2D eigenvalue weighted by Gasteiger charge is 2.25. The number of hydrogen-bond donors (Lipinski definition) is 1. The van der Waals surface area contributed by atoms with Crippen molar-refractivity contribution in [1.29, 1.82) is 0 Å². The second kappa shape index (κ2) is 3.65. The van der Waals surface area contributed by atoms with Gasteiger partial charge in [-0.05, 0) is 0 Å². The van der Waals surface area contributed by atoms with Crippen LogP contribution in [0.15, 0.2) is 12.1 Å². The van der Waals surface area contributed by atoms with E-state index in [0.717, 1.165) is 17.0 Å². The van der Waals surface area contributed by atoms with E-state index in [1.807, 2.05) is 6.07 Å². The van der Waals surface area contributed by atoms with Crippen LogP contribution in [-0.4, -0.2) is 29.6 Å². The lowest BCUT2D eigenvalue weighted by Crippen LogP contribution is -2.06. The lowest BCUT2D eigenvalue weighted by atomic mass is 10.1. The van der Waals surface area contributed by atoms with Crippen molar-refractivity contribution in [2.45, 2.75) is 6.61 Å². The zero-order valence-electron chi connectivity index (χ0n) is 9.48. The highest BCUT2D eigenvalue weighted by atomic mass is 16.5. The molecule has 3 rings (SSSR count).